The van der Waals surface area contributed by atoms with Gasteiger partial charge in [0.05, 0.1) is 23.4 Å². The fraction of sp³-hybridized carbons (Fsp3) is 0.562. The predicted octanol–water partition coefficient (Wildman–Crippen LogP) is 3.25. The van der Waals surface area contributed by atoms with Crippen LogP contribution in [0.4, 0.5) is 0 Å². The molecule has 100 valence electrons. The van der Waals surface area contributed by atoms with Gasteiger partial charge in [-0.3, -0.25) is 4.68 Å². The van der Waals surface area contributed by atoms with Crippen LogP contribution in [-0.4, -0.2) is 21.0 Å². The molecule has 2 aliphatic rings. The molecule has 4 rings (SSSR count). The number of aliphatic hydroxyl groups excluding tert-OH is 1. The fourth-order valence-corrected chi connectivity index (χ4v) is 3.27. The van der Waals surface area contributed by atoms with Gasteiger partial charge in [-0.1, -0.05) is 18.2 Å². The Morgan fingerprint density at radius 2 is 2.00 bits per heavy atom. The quantitative estimate of drug-likeness (QED) is 0.915. The molecule has 2 aliphatic carbocycles. The maximum atomic E-state index is 9.62. The Kier molecular flexibility index (Phi) is 2.46. The van der Waals surface area contributed by atoms with Crippen molar-refractivity contribution in [2.24, 2.45) is 5.92 Å². The topological polar surface area (TPSA) is 38.0 Å². The maximum absolute atomic E-state index is 9.62. The molecule has 2 aromatic rings. The Bertz CT molecular complexity index is 606. The van der Waals surface area contributed by atoms with Crippen molar-refractivity contribution >= 4 is 10.9 Å². The highest BCUT2D eigenvalue weighted by molar-refractivity contribution is 5.83. The number of aromatic nitrogens is 2. The molecule has 1 aromatic heterocycles. The van der Waals surface area contributed by atoms with Crippen molar-refractivity contribution < 1.29 is 5.11 Å². The molecule has 0 saturated heterocycles. The van der Waals surface area contributed by atoms with Crippen LogP contribution in [0, 0.1) is 5.92 Å². The van der Waals surface area contributed by atoms with Crippen molar-refractivity contribution in [1.82, 2.24) is 9.78 Å². The average molecular weight is 256 g/mol. The van der Waals surface area contributed by atoms with Crippen LogP contribution in [0.3, 0.4) is 0 Å². The zero-order valence-electron chi connectivity index (χ0n) is 11.3. The molecule has 2 saturated carbocycles. The molecule has 1 heterocycles. The molecule has 19 heavy (non-hydrogen) atoms. The van der Waals surface area contributed by atoms with Crippen LogP contribution in [0.5, 0.6) is 0 Å². The van der Waals surface area contributed by atoms with Crippen molar-refractivity contribution in [3.63, 3.8) is 0 Å². The number of hydrogen-bond acceptors (Lipinski definition) is 2. The first-order chi connectivity index (χ1) is 9.24. The van der Waals surface area contributed by atoms with E-state index < -0.39 is 0 Å². The van der Waals surface area contributed by atoms with E-state index in [0.717, 1.165) is 12.8 Å². The van der Waals surface area contributed by atoms with Crippen molar-refractivity contribution in [3.05, 3.63) is 30.0 Å². The first-order valence-corrected chi connectivity index (χ1v) is 7.39. The minimum absolute atomic E-state index is 0.180. The second kappa shape index (κ2) is 4.07. The van der Waals surface area contributed by atoms with Crippen LogP contribution in [0.2, 0.25) is 0 Å². The van der Waals surface area contributed by atoms with E-state index in [0.29, 0.717) is 17.9 Å². The van der Waals surface area contributed by atoms with Crippen molar-refractivity contribution in [1.29, 1.82) is 0 Å². The van der Waals surface area contributed by atoms with Gasteiger partial charge in [0, 0.05) is 11.3 Å². The van der Waals surface area contributed by atoms with Crippen molar-refractivity contribution in [2.75, 3.05) is 0 Å². The molecule has 0 bridgehead atoms. The fourth-order valence-electron chi connectivity index (χ4n) is 3.27. The largest absolute Gasteiger partial charge is 0.393 e. The predicted molar refractivity (Wildman–Crippen MR) is 75.1 cm³/mol. The maximum Gasteiger partial charge on any atom is 0.0734 e. The van der Waals surface area contributed by atoms with E-state index in [-0.39, 0.29) is 6.10 Å². The summed E-state index contributed by atoms with van der Waals surface area (Å²) in [5, 5.41) is 15.9. The first kappa shape index (κ1) is 11.5. The number of hydrogen-bond donors (Lipinski definition) is 1. The summed E-state index contributed by atoms with van der Waals surface area (Å²) in [6, 6.07) is 9.08. The van der Waals surface area contributed by atoms with Gasteiger partial charge >= 0.3 is 0 Å². The van der Waals surface area contributed by atoms with Gasteiger partial charge in [-0.15, -0.1) is 0 Å². The van der Waals surface area contributed by atoms with Crippen LogP contribution < -0.4 is 0 Å². The van der Waals surface area contributed by atoms with E-state index in [4.69, 9.17) is 5.10 Å². The summed E-state index contributed by atoms with van der Waals surface area (Å²) in [6.45, 7) is 1.90. The van der Waals surface area contributed by atoms with Crippen molar-refractivity contribution in [2.45, 2.75) is 50.7 Å². The lowest BCUT2D eigenvalue weighted by Gasteiger charge is -2.37. The number of rotatable bonds is 3. The first-order valence-electron chi connectivity index (χ1n) is 7.39. The number of benzene rings is 1. The van der Waals surface area contributed by atoms with E-state index >= 15 is 0 Å². The molecule has 3 heteroatoms. The number of nitrogens with zero attached hydrogens (tertiary/aromatic N) is 2. The molecule has 0 aliphatic heterocycles. The van der Waals surface area contributed by atoms with Gasteiger partial charge < -0.3 is 5.11 Å². The highest BCUT2D eigenvalue weighted by Gasteiger charge is 2.36. The monoisotopic (exact) mass is 256 g/mol. The van der Waals surface area contributed by atoms with Gasteiger partial charge in [0.25, 0.3) is 0 Å². The van der Waals surface area contributed by atoms with Gasteiger partial charge in [0.15, 0.2) is 0 Å². The molecular formula is C16H20N2O. The lowest BCUT2D eigenvalue weighted by molar-refractivity contribution is 0.0419. The van der Waals surface area contributed by atoms with E-state index in [1.165, 1.54) is 29.4 Å². The second-order valence-corrected chi connectivity index (χ2v) is 6.25. The summed E-state index contributed by atoms with van der Waals surface area (Å²) in [6.07, 6.45) is 4.53. The van der Waals surface area contributed by atoms with Crippen molar-refractivity contribution in [3.8, 4) is 0 Å². The minimum Gasteiger partial charge on any atom is -0.393 e. The number of fused-ring (bicyclic) bond motifs is 1. The standard InChI is InChI=1S/C16H20N2O/c1-10(19)12-8-13(9-12)18-15-5-3-2-4-14(15)16(17-18)11-6-7-11/h2-5,10-13,19H,6-9H2,1H3/t10?,12-,13-. The molecule has 0 amide bonds. The summed E-state index contributed by atoms with van der Waals surface area (Å²) >= 11 is 0. The van der Waals surface area contributed by atoms with Crippen LogP contribution in [0.15, 0.2) is 24.3 Å². The third-order valence-corrected chi connectivity index (χ3v) is 4.78. The Labute approximate surface area is 113 Å². The number of para-hydroxylation sites is 1. The molecule has 1 N–H and O–H groups in total. The van der Waals surface area contributed by atoms with E-state index in [9.17, 15) is 5.11 Å². The third-order valence-electron chi connectivity index (χ3n) is 4.78. The molecular weight excluding hydrogens is 236 g/mol. The summed E-state index contributed by atoms with van der Waals surface area (Å²) < 4.78 is 2.22. The Hall–Kier alpha value is -1.35. The molecule has 2 fully saturated rings. The molecule has 0 radical (unpaired) electrons. The SMILES string of the molecule is CC(O)[C@H]1C[C@H](n2nc(C3CC3)c3ccccc32)C1. The lowest BCUT2D eigenvalue weighted by atomic mass is 9.77. The lowest BCUT2D eigenvalue weighted by Crippen LogP contribution is -2.34. The smallest absolute Gasteiger partial charge is 0.0734 e. The van der Waals surface area contributed by atoms with Crippen LogP contribution in [0.25, 0.3) is 10.9 Å². The van der Waals surface area contributed by atoms with Crippen LogP contribution >= 0.6 is 0 Å². The molecule has 1 unspecified atom stereocenters. The van der Waals surface area contributed by atoms with Gasteiger partial charge in [0.1, 0.15) is 0 Å². The molecule has 0 spiro atoms. The number of aliphatic hydroxyl groups is 1. The van der Waals surface area contributed by atoms with E-state index in [1.807, 2.05) is 6.92 Å². The normalized spacial score (nSPS) is 28.3. The van der Waals surface area contributed by atoms with Crippen LogP contribution in [-0.2, 0) is 0 Å². The Morgan fingerprint density at radius 3 is 2.68 bits per heavy atom. The Balaban J connectivity index is 1.71. The van der Waals surface area contributed by atoms with Gasteiger partial charge in [-0.25, -0.2) is 0 Å². The Morgan fingerprint density at radius 1 is 1.26 bits per heavy atom. The highest BCUT2D eigenvalue weighted by atomic mass is 16.3. The minimum atomic E-state index is -0.180. The van der Waals surface area contributed by atoms with Gasteiger partial charge in [0.2, 0.25) is 0 Å². The molecule has 1 atom stereocenters. The summed E-state index contributed by atoms with van der Waals surface area (Å²) in [4.78, 5) is 0. The third kappa shape index (κ3) is 1.79. The summed E-state index contributed by atoms with van der Waals surface area (Å²) in [7, 11) is 0. The molecule has 1 aromatic carbocycles. The van der Waals surface area contributed by atoms with Gasteiger partial charge in [-0.05, 0) is 44.6 Å². The zero-order chi connectivity index (χ0) is 13.0. The van der Waals surface area contributed by atoms with Crippen LogP contribution in [0.1, 0.15) is 50.3 Å². The second-order valence-electron chi connectivity index (χ2n) is 6.25. The summed E-state index contributed by atoms with van der Waals surface area (Å²) in [5.41, 5.74) is 2.58. The van der Waals surface area contributed by atoms with E-state index in [1.54, 1.807) is 0 Å². The highest BCUT2D eigenvalue weighted by Crippen LogP contribution is 2.45. The molecule has 3 nitrogen and oxygen atoms in total. The van der Waals surface area contributed by atoms with Gasteiger partial charge in [-0.2, -0.15) is 5.10 Å². The zero-order valence-corrected chi connectivity index (χ0v) is 11.3. The van der Waals surface area contributed by atoms with E-state index in [2.05, 4.69) is 28.9 Å². The summed E-state index contributed by atoms with van der Waals surface area (Å²) in [5.74, 6) is 1.15. The average Bonchev–Trinajstić information content (AvgIpc) is 3.11.